The molecular weight excluding hydrogens is 352 g/mol. The van der Waals surface area contributed by atoms with Gasteiger partial charge in [0.2, 0.25) is 5.91 Å². The Balaban J connectivity index is 1.78. The molecule has 1 saturated heterocycles. The Morgan fingerprint density at radius 2 is 1.75 bits per heavy atom. The van der Waals surface area contributed by atoms with Crippen molar-refractivity contribution in [2.75, 3.05) is 27.2 Å². The Morgan fingerprint density at radius 3 is 2.36 bits per heavy atom. The van der Waals surface area contributed by atoms with Crippen LogP contribution in [-0.2, 0) is 11.2 Å². The van der Waals surface area contributed by atoms with Crippen LogP contribution in [0, 0.1) is 13.8 Å². The highest BCUT2D eigenvalue weighted by Gasteiger charge is 2.28. The van der Waals surface area contributed by atoms with Crippen molar-refractivity contribution in [3.63, 3.8) is 0 Å². The lowest BCUT2D eigenvalue weighted by Crippen LogP contribution is -2.39. The fourth-order valence-corrected chi connectivity index (χ4v) is 3.65. The Bertz CT molecular complexity index is 841. The number of carbonyl (C=O) groups excluding carboxylic acids is 2. The number of hydrogen-bond donors (Lipinski definition) is 0. The van der Waals surface area contributed by atoms with Gasteiger partial charge in [0.1, 0.15) is 5.82 Å². The molecule has 6 nitrogen and oxygen atoms in total. The molecule has 0 spiro atoms. The smallest absolute Gasteiger partial charge is 0.253 e. The largest absolute Gasteiger partial charge is 0.349 e. The van der Waals surface area contributed by atoms with Gasteiger partial charge < -0.3 is 9.80 Å². The van der Waals surface area contributed by atoms with E-state index in [1.54, 1.807) is 19.0 Å². The van der Waals surface area contributed by atoms with E-state index in [4.69, 9.17) is 9.97 Å². The molecule has 1 fully saturated rings. The van der Waals surface area contributed by atoms with Crippen LogP contribution in [0.2, 0.25) is 0 Å². The molecule has 6 heteroatoms. The summed E-state index contributed by atoms with van der Waals surface area (Å²) in [5, 5.41) is 0. The third kappa shape index (κ3) is 4.38. The van der Waals surface area contributed by atoms with Gasteiger partial charge in [0.05, 0.1) is 6.42 Å². The zero-order valence-electron chi connectivity index (χ0n) is 17.1. The van der Waals surface area contributed by atoms with Gasteiger partial charge in [-0.15, -0.1) is 0 Å². The topological polar surface area (TPSA) is 66.4 Å². The van der Waals surface area contributed by atoms with E-state index in [0.717, 1.165) is 42.2 Å². The van der Waals surface area contributed by atoms with Crippen LogP contribution in [0.4, 0.5) is 0 Å². The van der Waals surface area contributed by atoms with Crippen molar-refractivity contribution in [3.8, 4) is 0 Å². The van der Waals surface area contributed by atoms with Crippen LogP contribution in [0.3, 0.4) is 0 Å². The van der Waals surface area contributed by atoms with Crippen LogP contribution in [-0.4, -0.2) is 58.8 Å². The maximum absolute atomic E-state index is 12.8. The first kappa shape index (κ1) is 20.0. The van der Waals surface area contributed by atoms with Crippen LogP contribution in [0.25, 0.3) is 0 Å². The van der Waals surface area contributed by atoms with E-state index in [1.807, 2.05) is 49.1 Å². The first-order chi connectivity index (χ1) is 13.4. The highest BCUT2D eigenvalue weighted by molar-refractivity contribution is 5.94. The Kier molecular flexibility index (Phi) is 6.07. The lowest BCUT2D eigenvalue weighted by Gasteiger charge is -2.32. The molecule has 1 aliphatic rings. The summed E-state index contributed by atoms with van der Waals surface area (Å²) in [5.74, 6) is 1.01. The number of likely N-dealkylation sites (N-methyl/N-ethyl adjacent to an activating group) is 1. The van der Waals surface area contributed by atoms with Crippen molar-refractivity contribution < 1.29 is 9.59 Å². The molecule has 1 atom stereocenters. The zero-order chi connectivity index (χ0) is 20.3. The van der Waals surface area contributed by atoms with Gasteiger partial charge in [-0.05, 0) is 38.8 Å². The second kappa shape index (κ2) is 8.50. The van der Waals surface area contributed by atoms with E-state index >= 15 is 0 Å². The van der Waals surface area contributed by atoms with Crippen LogP contribution in [0.5, 0.6) is 0 Å². The van der Waals surface area contributed by atoms with E-state index in [-0.39, 0.29) is 17.7 Å². The molecule has 0 unspecified atom stereocenters. The number of carbonyl (C=O) groups is 2. The van der Waals surface area contributed by atoms with Gasteiger partial charge in [0.15, 0.2) is 0 Å². The van der Waals surface area contributed by atoms with E-state index < -0.39 is 0 Å². The minimum atomic E-state index is 0.0415. The van der Waals surface area contributed by atoms with Crippen LogP contribution >= 0.6 is 0 Å². The van der Waals surface area contributed by atoms with Crippen molar-refractivity contribution in [2.45, 2.75) is 39.0 Å². The maximum Gasteiger partial charge on any atom is 0.253 e. The molecular formula is C22H28N4O2. The fraction of sp³-hybridized carbons (Fsp3) is 0.455. The van der Waals surface area contributed by atoms with Crippen molar-refractivity contribution in [1.82, 2.24) is 19.8 Å². The molecule has 1 aromatic heterocycles. The summed E-state index contributed by atoms with van der Waals surface area (Å²) in [5.41, 5.74) is 3.32. The van der Waals surface area contributed by atoms with Gasteiger partial charge in [-0.3, -0.25) is 9.59 Å². The molecule has 1 aliphatic heterocycles. The molecule has 0 aliphatic carbocycles. The standard InChI is InChI=1S/C22H28N4O2/c1-15-19(13-20(27)25(3)4)16(2)24-21(23-15)18-11-8-12-26(14-18)22(28)17-9-6-5-7-10-17/h5-7,9-10,18H,8,11-14H2,1-4H3/t18-/m1/s1. The normalized spacial score (nSPS) is 16.7. The van der Waals surface area contributed by atoms with Crippen LogP contribution in [0.1, 0.15) is 51.9 Å². The van der Waals surface area contributed by atoms with E-state index in [0.29, 0.717) is 18.5 Å². The molecule has 2 aromatic rings. The Morgan fingerprint density at radius 1 is 1.11 bits per heavy atom. The van der Waals surface area contributed by atoms with Crippen LogP contribution < -0.4 is 0 Å². The van der Waals surface area contributed by atoms with Gasteiger partial charge in [-0.1, -0.05) is 18.2 Å². The summed E-state index contributed by atoms with van der Waals surface area (Å²) >= 11 is 0. The second-order valence-corrected chi connectivity index (χ2v) is 7.65. The second-order valence-electron chi connectivity index (χ2n) is 7.65. The van der Waals surface area contributed by atoms with Gasteiger partial charge in [0, 0.05) is 55.6 Å². The van der Waals surface area contributed by atoms with Gasteiger partial charge in [0.25, 0.3) is 5.91 Å². The highest BCUT2D eigenvalue weighted by atomic mass is 16.2. The highest BCUT2D eigenvalue weighted by Crippen LogP contribution is 2.27. The van der Waals surface area contributed by atoms with Crippen molar-refractivity contribution in [2.24, 2.45) is 0 Å². The minimum absolute atomic E-state index is 0.0415. The summed E-state index contributed by atoms with van der Waals surface area (Å²) in [7, 11) is 3.51. The summed E-state index contributed by atoms with van der Waals surface area (Å²) in [6.07, 6.45) is 2.22. The molecule has 28 heavy (non-hydrogen) atoms. The molecule has 0 N–H and O–H groups in total. The Labute approximate surface area is 166 Å². The number of benzene rings is 1. The molecule has 0 radical (unpaired) electrons. The van der Waals surface area contributed by atoms with Gasteiger partial charge >= 0.3 is 0 Å². The third-order valence-electron chi connectivity index (χ3n) is 5.36. The van der Waals surface area contributed by atoms with Crippen molar-refractivity contribution in [1.29, 1.82) is 0 Å². The average Bonchev–Trinajstić information content (AvgIpc) is 2.70. The number of piperidine rings is 1. The van der Waals surface area contributed by atoms with Crippen molar-refractivity contribution in [3.05, 3.63) is 58.7 Å². The minimum Gasteiger partial charge on any atom is -0.349 e. The average molecular weight is 380 g/mol. The molecule has 2 amide bonds. The van der Waals surface area contributed by atoms with E-state index in [9.17, 15) is 9.59 Å². The number of rotatable bonds is 4. The van der Waals surface area contributed by atoms with E-state index in [1.165, 1.54) is 0 Å². The number of amides is 2. The van der Waals surface area contributed by atoms with Gasteiger partial charge in [-0.2, -0.15) is 0 Å². The summed E-state index contributed by atoms with van der Waals surface area (Å²) in [4.78, 5) is 37.8. The Hall–Kier alpha value is -2.76. The number of nitrogens with zero attached hydrogens (tertiary/aromatic N) is 4. The molecule has 0 bridgehead atoms. The molecule has 2 heterocycles. The summed E-state index contributed by atoms with van der Waals surface area (Å²) in [6.45, 7) is 5.26. The molecule has 148 valence electrons. The number of likely N-dealkylation sites (tertiary alicyclic amines) is 1. The zero-order valence-corrected chi connectivity index (χ0v) is 17.1. The lowest BCUT2D eigenvalue weighted by atomic mass is 9.95. The quantitative estimate of drug-likeness (QED) is 0.818. The predicted octanol–water partition coefficient (Wildman–Crippen LogP) is 2.74. The monoisotopic (exact) mass is 380 g/mol. The lowest BCUT2D eigenvalue weighted by molar-refractivity contribution is -0.128. The van der Waals surface area contributed by atoms with Gasteiger partial charge in [-0.25, -0.2) is 9.97 Å². The predicted molar refractivity (Wildman–Crippen MR) is 108 cm³/mol. The molecule has 3 rings (SSSR count). The number of aromatic nitrogens is 2. The maximum atomic E-state index is 12.8. The first-order valence-corrected chi connectivity index (χ1v) is 9.75. The third-order valence-corrected chi connectivity index (χ3v) is 5.36. The summed E-state index contributed by atoms with van der Waals surface area (Å²) < 4.78 is 0. The fourth-order valence-electron chi connectivity index (χ4n) is 3.65. The number of hydrogen-bond acceptors (Lipinski definition) is 4. The molecule has 0 saturated carbocycles. The summed E-state index contributed by atoms with van der Waals surface area (Å²) in [6, 6.07) is 9.40. The number of aryl methyl sites for hydroxylation is 2. The van der Waals surface area contributed by atoms with Crippen LogP contribution in [0.15, 0.2) is 30.3 Å². The molecule has 1 aromatic carbocycles. The van der Waals surface area contributed by atoms with Crippen molar-refractivity contribution >= 4 is 11.8 Å². The first-order valence-electron chi connectivity index (χ1n) is 9.75. The SMILES string of the molecule is Cc1nc([C@@H]2CCCN(C(=O)c3ccccc3)C2)nc(C)c1CC(=O)N(C)C. The van der Waals surface area contributed by atoms with E-state index in [2.05, 4.69) is 0 Å².